The van der Waals surface area contributed by atoms with Crippen LogP contribution in [0.4, 0.5) is 0 Å². The predicted octanol–water partition coefficient (Wildman–Crippen LogP) is 4.66. The number of likely N-dealkylation sites (tertiary alicyclic amines) is 1. The zero-order valence-electron chi connectivity index (χ0n) is 13.8. The normalized spacial score (nSPS) is 15.2. The summed E-state index contributed by atoms with van der Waals surface area (Å²) in [7, 11) is 0. The molecule has 2 aromatic rings. The van der Waals surface area contributed by atoms with Gasteiger partial charge in [0.25, 0.3) is 0 Å². The number of hydrogen-bond donors (Lipinski definition) is 0. The van der Waals surface area contributed by atoms with E-state index in [1.54, 1.807) is 18.2 Å². The fourth-order valence-corrected chi connectivity index (χ4v) is 3.64. The molecule has 25 heavy (non-hydrogen) atoms. The van der Waals surface area contributed by atoms with Crippen molar-refractivity contribution in [1.82, 2.24) is 4.90 Å². The number of Topliss-reactive ketones (excluding diaryl/α,β-unsaturated/α-hetero) is 1. The third-order valence-electron chi connectivity index (χ3n) is 4.63. The number of benzene rings is 2. The molecule has 0 aliphatic carbocycles. The minimum Gasteiger partial charge on any atom is -0.342 e. The highest BCUT2D eigenvalue weighted by atomic mass is 35.5. The van der Waals surface area contributed by atoms with Gasteiger partial charge in [0.15, 0.2) is 5.78 Å². The van der Waals surface area contributed by atoms with E-state index < -0.39 is 0 Å². The molecule has 5 heteroatoms. The van der Waals surface area contributed by atoms with Gasteiger partial charge in [0, 0.05) is 34.6 Å². The van der Waals surface area contributed by atoms with Crippen molar-refractivity contribution in [1.29, 1.82) is 0 Å². The lowest BCUT2D eigenvalue weighted by Crippen LogP contribution is -2.41. The summed E-state index contributed by atoms with van der Waals surface area (Å²) in [5, 5.41) is 1.07. The molecular formula is C20H19Cl2NO2. The number of hydrogen-bond acceptors (Lipinski definition) is 2. The molecule has 1 aliphatic rings. The zero-order chi connectivity index (χ0) is 17.8. The first kappa shape index (κ1) is 18.0. The summed E-state index contributed by atoms with van der Waals surface area (Å²) in [6, 6.07) is 14.5. The van der Waals surface area contributed by atoms with Gasteiger partial charge in [0.1, 0.15) is 0 Å². The largest absolute Gasteiger partial charge is 0.342 e. The van der Waals surface area contributed by atoms with Crippen molar-refractivity contribution in [3.63, 3.8) is 0 Å². The highest BCUT2D eigenvalue weighted by molar-refractivity contribution is 6.35. The minimum absolute atomic E-state index is 0.00873. The predicted molar refractivity (Wildman–Crippen MR) is 100 cm³/mol. The van der Waals surface area contributed by atoms with Crippen LogP contribution in [0.2, 0.25) is 10.0 Å². The molecule has 0 N–H and O–H groups in total. The number of amides is 1. The van der Waals surface area contributed by atoms with Crippen LogP contribution in [0.25, 0.3) is 0 Å². The van der Waals surface area contributed by atoms with Crippen molar-refractivity contribution in [3.8, 4) is 0 Å². The van der Waals surface area contributed by atoms with Crippen LogP contribution in [0, 0.1) is 5.92 Å². The van der Waals surface area contributed by atoms with Gasteiger partial charge < -0.3 is 4.90 Å². The number of halogens is 2. The molecule has 0 aromatic heterocycles. The van der Waals surface area contributed by atoms with E-state index in [2.05, 4.69) is 0 Å². The first-order valence-electron chi connectivity index (χ1n) is 8.35. The second kappa shape index (κ2) is 8.03. The van der Waals surface area contributed by atoms with Gasteiger partial charge in [-0.15, -0.1) is 0 Å². The molecule has 1 aliphatic heterocycles. The zero-order valence-corrected chi connectivity index (χ0v) is 15.3. The lowest BCUT2D eigenvalue weighted by Gasteiger charge is -2.31. The molecule has 0 bridgehead atoms. The Balaban J connectivity index is 1.56. The highest BCUT2D eigenvalue weighted by Gasteiger charge is 2.28. The van der Waals surface area contributed by atoms with Crippen molar-refractivity contribution < 1.29 is 9.59 Å². The summed E-state index contributed by atoms with van der Waals surface area (Å²) in [6.07, 6.45) is 1.66. The third kappa shape index (κ3) is 4.42. The van der Waals surface area contributed by atoms with Gasteiger partial charge in [0.05, 0.1) is 6.42 Å². The first-order valence-corrected chi connectivity index (χ1v) is 9.11. The Labute approximate surface area is 157 Å². The number of piperidine rings is 1. The van der Waals surface area contributed by atoms with Crippen LogP contribution in [0.3, 0.4) is 0 Å². The highest BCUT2D eigenvalue weighted by Crippen LogP contribution is 2.25. The number of carbonyl (C=O) groups is 2. The van der Waals surface area contributed by atoms with Gasteiger partial charge in [0.2, 0.25) is 5.91 Å². The van der Waals surface area contributed by atoms with E-state index in [-0.39, 0.29) is 24.0 Å². The molecule has 1 amide bonds. The van der Waals surface area contributed by atoms with Crippen molar-refractivity contribution in [3.05, 3.63) is 69.7 Å². The van der Waals surface area contributed by atoms with Crippen LogP contribution in [-0.2, 0) is 11.2 Å². The third-order valence-corrected chi connectivity index (χ3v) is 5.22. The quantitative estimate of drug-likeness (QED) is 0.728. The summed E-state index contributed by atoms with van der Waals surface area (Å²) in [6.45, 7) is 1.21. The van der Waals surface area contributed by atoms with Gasteiger partial charge in [-0.3, -0.25) is 9.59 Å². The van der Waals surface area contributed by atoms with E-state index in [1.807, 2.05) is 35.2 Å². The molecule has 0 saturated carbocycles. The van der Waals surface area contributed by atoms with Gasteiger partial charge >= 0.3 is 0 Å². The smallest absolute Gasteiger partial charge is 0.227 e. The maximum Gasteiger partial charge on any atom is 0.227 e. The molecule has 0 spiro atoms. The van der Waals surface area contributed by atoms with Crippen molar-refractivity contribution in [2.45, 2.75) is 19.3 Å². The summed E-state index contributed by atoms with van der Waals surface area (Å²) in [4.78, 5) is 26.8. The van der Waals surface area contributed by atoms with E-state index >= 15 is 0 Å². The fourth-order valence-electron chi connectivity index (χ4n) is 3.17. The Kier molecular flexibility index (Phi) is 5.77. The van der Waals surface area contributed by atoms with Crippen molar-refractivity contribution >= 4 is 34.9 Å². The molecule has 1 fully saturated rings. The Morgan fingerprint density at radius 2 is 1.68 bits per heavy atom. The van der Waals surface area contributed by atoms with Gasteiger partial charge in [-0.25, -0.2) is 0 Å². The molecule has 0 unspecified atom stereocenters. The van der Waals surface area contributed by atoms with E-state index in [0.29, 0.717) is 36.0 Å². The van der Waals surface area contributed by atoms with Gasteiger partial charge in [-0.2, -0.15) is 0 Å². The molecule has 0 atom stereocenters. The fraction of sp³-hybridized carbons (Fsp3) is 0.300. The molecule has 3 nitrogen and oxygen atoms in total. The molecule has 130 valence electrons. The Morgan fingerprint density at radius 3 is 2.32 bits per heavy atom. The molecular weight excluding hydrogens is 357 g/mol. The van der Waals surface area contributed by atoms with Gasteiger partial charge in [-0.05, 0) is 30.5 Å². The topological polar surface area (TPSA) is 37.4 Å². The number of ketones is 1. The summed E-state index contributed by atoms with van der Waals surface area (Å²) in [5.41, 5.74) is 1.53. The maximum absolute atomic E-state index is 12.5. The van der Waals surface area contributed by atoms with Crippen LogP contribution in [0.5, 0.6) is 0 Å². The lowest BCUT2D eigenvalue weighted by atomic mass is 9.88. The van der Waals surface area contributed by atoms with Crippen LogP contribution in [0.1, 0.15) is 28.8 Å². The molecule has 2 aromatic carbocycles. The Bertz CT molecular complexity index is 769. The summed E-state index contributed by atoms with van der Waals surface area (Å²) >= 11 is 12.0. The first-order chi connectivity index (χ1) is 12.0. The van der Waals surface area contributed by atoms with Crippen molar-refractivity contribution in [2.75, 3.05) is 13.1 Å². The second-order valence-corrected chi connectivity index (χ2v) is 7.14. The number of rotatable bonds is 4. The van der Waals surface area contributed by atoms with Crippen LogP contribution in [0.15, 0.2) is 48.5 Å². The minimum atomic E-state index is -0.00873. The van der Waals surface area contributed by atoms with E-state index in [9.17, 15) is 9.59 Å². The Morgan fingerprint density at radius 1 is 1.00 bits per heavy atom. The van der Waals surface area contributed by atoms with Crippen LogP contribution >= 0.6 is 23.2 Å². The molecule has 3 rings (SSSR count). The summed E-state index contributed by atoms with van der Waals surface area (Å²) in [5.74, 6) is 0.203. The average molecular weight is 376 g/mol. The number of nitrogens with zero attached hydrogens (tertiary/aromatic N) is 1. The SMILES string of the molecule is O=C(c1ccccc1)C1CCN(C(=O)Cc2ccc(Cl)cc2Cl)CC1. The van der Waals surface area contributed by atoms with Crippen LogP contribution < -0.4 is 0 Å². The van der Waals surface area contributed by atoms with E-state index in [0.717, 1.165) is 11.1 Å². The lowest BCUT2D eigenvalue weighted by molar-refractivity contribution is -0.131. The molecule has 1 saturated heterocycles. The standard InChI is InChI=1S/C20H19Cl2NO2/c21-17-7-6-16(18(22)13-17)12-19(24)23-10-8-15(9-11-23)20(25)14-4-2-1-3-5-14/h1-7,13,15H,8-12H2. The van der Waals surface area contributed by atoms with E-state index in [1.165, 1.54) is 0 Å². The van der Waals surface area contributed by atoms with E-state index in [4.69, 9.17) is 23.2 Å². The average Bonchev–Trinajstić information content (AvgIpc) is 2.64. The molecule has 0 radical (unpaired) electrons. The van der Waals surface area contributed by atoms with Crippen LogP contribution in [-0.4, -0.2) is 29.7 Å². The number of carbonyl (C=O) groups excluding carboxylic acids is 2. The monoisotopic (exact) mass is 375 g/mol. The second-order valence-electron chi connectivity index (χ2n) is 6.30. The molecule has 1 heterocycles. The van der Waals surface area contributed by atoms with Gasteiger partial charge in [-0.1, -0.05) is 59.6 Å². The van der Waals surface area contributed by atoms with Crippen molar-refractivity contribution in [2.24, 2.45) is 5.92 Å². The maximum atomic E-state index is 12.5. The summed E-state index contributed by atoms with van der Waals surface area (Å²) < 4.78 is 0. The Hall–Kier alpha value is -1.84.